The summed E-state index contributed by atoms with van der Waals surface area (Å²) in [5, 5.41) is 2.97. The SMILES string of the molecule is CCNC(=O)[C@@H]1CCCN(Cc2ccccc2)[C@@H]1COC. The molecule has 1 aromatic carbocycles. The predicted octanol–water partition coefficient (Wildman–Crippen LogP) is 2.05. The molecule has 1 heterocycles. The fourth-order valence-corrected chi connectivity index (χ4v) is 3.14. The van der Waals surface area contributed by atoms with Crippen molar-refractivity contribution in [3.63, 3.8) is 0 Å². The molecule has 0 radical (unpaired) electrons. The fourth-order valence-electron chi connectivity index (χ4n) is 3.14. The Balaban J connectivity index is 2.09. The van der Waals surface area contributed by atoms with E-state index in [2.05, 4.69) is 34.5 Å². The van der Waals surface area contributed by atoms with Gasteiger partial charge in [-0.3, -0.25) is 9.69 Å². The largest absolute Gasteiger partial charge is 0.383 e. The van der Waals surface area contributed by atoms with Gasteiger partial charge in [-0.1, -0.05) is 30.3 Å². The molecule has 1 saturated heterocycles. The highest BCUT2D eigenvalue weighted by Crippen LogP contribution is 2.26. The van der Waals surface area contributed by atoms with Crippen molar-refractivity contribution in [3.05, 3.63) is 35.9 Å². The van der Waals surface area contributed by atoms with E-state index in [4.69, 9.17) is 4.74 Å². The minimum Gasteiger partial charge on any atom is -0.383 e. The lowest BCUT2D eigenvalue weighted by molar-refractivity contribution is -0.130. The van der Waals surface area contributed by atoms with Crippen LogP contribution < -0.4 is 5.32 Å². The van der Waals surface area contributed by atoms with Gasteiger partial charge in [0.2, 0.25) is 5.91 Å². The molecule has 0 saturated carbocycles. The van der Waals surface area contributed by atoms with Crippen molar-refractivity contribution in [3.8, 4) is 0 Å². The van der Waals surface area contributed by atoms with Crippen LogP contribution in [0.25, 0.3) is 0 Å². The molecule has 21 heavy (non-hydrogen) atoms. The van der Waals surface area contributed by atoms with Crippen molar-refractivity contribution in [2.24, 2.45) is 5.92 Å². The molecule has 1 fully saturated rings. The van der Waals surface area contributed by atoms with Crippen LogP contribution in [0.3, 0.4) is 0 Å². The van der Waals surface area contributed by atoms with E-state index in [1.165, 1.54) is 5.56 Å². The number of carbonyl (C=O) groups excluding carboxylic acids is 1. The highest BCUT2D eigenvalue weighted by atomic mass is 16.5. The highest BCUT2D eigenvalue weighted by molar-refractivity contribution is 5.79. The molecule has 0 spiro atoms. The van der Waals surface area contributed by atoms with Crippen LogP contribution in [-0.4, -0.2) is 43.7 Å². The third-order valence-electron chi connectivity index (χ3n) is 4.15. The molecule has 1 aliphatic heterocycles. The average Bonchev–Trinajstić information content (AvgIpc) is 2.50. The van der Waals surface area contributed by atoms with Gasteiger partial charge in [0.1, 0.15) is 0 Å². The minimum atomic E-state index is 0.0300. The van der Waals surface area contributed by atoms with E-state index >= 15 is 0 Å². The van der Waals surface area contributed by atoms with Crippen LogP contribution in [0.5, 0.6) is 0 Å². The zero-order valence-electron chi connectivity index (χ0n) is 13.0. The lowest BCUT2D eigenvalue weighted by Crippen LogP contribution is -2.52. The van der Waals surface area contributed by atoms with Crippen LogP contribution >= 0.6 is 0 Å². The van der Waals surface area contributed by atoms with Crippen LogP contribution in [0.4, 0.5) is 0 Å². The first-order valence-electron chi connectivity index (χ1n) is 7.81. The van der Waals surface area contributed by atoms with Crippen molar-refractivity contribution < 1.29 is 9.53 Å². The number of methoxy groups -OCH3 is 1. The Morgan fingerprint density at radius 2 is 2.14 bits per heavy atom. The summed E-state index contributed by atoms with van der Waals surface area (Å²) >= 11 is 0. The highest BCUT2D eigenvalue weighted by Gasteiger charge is 2.35. The summed E-state index contributed by atoms with van der Waals surface area (Å²) in [7, 11) is 1.71. The molecule has 4 nitrogen and oxygen atoms in total. The Morgan fingerprint density at radius 1 is 1.38 bits per heavy atom. The van der Waals surface area contributed by atoms with Gasteiger partial charge in [-0.2, -0.15) is 0 Å². The predicted molar refractivity (Wildman–Crippen MR) is 83.9 cm³/mol. The zero-order chi connectivity index (χ0) is 15.1. The number of ether oxygens (including phenoxy) is 1. The van der Waals surface area contributed by atoms with Crippen LogP contribution in [0.1, 0.15) is 25.3 Å². The second-order valence-corrected chi connectivity index (χ2v) is 5.62. The molecular weight excluding hydrogens is 264 g/mol. The number of piperidine rings is 1. The average molecular weight is 290 g/mol. The van der Waals surface area contributed by atoms with Gasteiger partial charge in [0.05, 0.1) is 12.5 Å². The van der Waals surface area contributed by atoms with E-state index in [1.54, 1.807) is 7.11 Å². The number of carbonyl (C=O) groups is 1. The van der Waals surface area contributed by atoms with Gasteiger partial charge >= 0.3 is 0 Å². The van der Waals surface area contributed by atoms with E-state index < -0.39 is 0 Å². The number of rotatable bonds is 6. The molecule has 0 unspecified atom stereocenters. The first-order chi connectivity index (χ1) is 10.3. The molecule has 2 atom stereocenters. The maximum atomic E-state index is 12.3. The molecule has 116 valence electrons. The van der Waals surface area contributed by atoms with Gasteiger partial charge in [-0.15, -0.1) is 0 Å². The van der Waals surface area contributed by atoms with Gasteiger partial charge in [0, 0.05) is 26.2 Å². The maximum absolute atomic E-state index is 12.3. The van der Waals surface area contributed by atoms with Crippen LogP contribution in [0.15, 0.2) is 30.3 Å². The lowest BCUT2D eigenvalue weighted by Gasteiger charge is -2.40. The summed E-state index contributed by atoms with van der Waals surface area (Å²) in [6, 6.07) is 10.6. The molecule has 1 aliphatic rings. The molecular formula is C17H26N2O2. The smallest absolute Gasteiger partial charge is 0.224 e. The Kier molecular flexibility index (Phi) is 6.21. The van der Waals surface area contributed by atoms with E-state index in [9.17, 15) is 4.79 Å². The fraction of sp³-hybridized carbons (Fsp3) is 0.588. The number of likely N-dealkylation sites (tertiary alicyclic amines) is 1. The molecule has 0 bridgehead atoms. The Labute approximate surface area is 127 Å². The van der Waals surface area contributed by atoms with E-state index in [-0.39, 0.29) is 17.9 Å². The number of nitrogens with zero attached hydrogens (tertiary/aromatic N) is 1. The first-order valence-corrected chi connectivity index (χ1v) is 7.81. The number of amides is 1. The summed E-state index contributed by atoms with van der Waals surface area (Å²) < 4.78 is 5.39. The van der Waals surface area contributed by atoms with E-state index in [0.29, 0.717) is 13.2 Å². The normalized spacial score (nSPS) is 23.0. The summed E-state index contributed by atoms with van der Waals surface area (Å²) in [5.74, 6) is 0.194. The van der Waals surface area contributed by atoms with Gasteiger partial charge in [0.15, 0.2) is 0 Å². The van der Waals surface area contributed by atoms with E-state index in [1.807, 2.05) is 13.0 Å². The Hall–Kier alpha value is -1.39. The van der Waals surface area contributed by atoms with Crippen molar-refractivity contribution >= 4 is 5.91 Å². The van der Waals surface area contributed by atoms with E-state index in [0.717, 1.165) is 25.9 Å². The van der Waals surface area contributed by atoms with Crippen molar-refractivity contribution in [2.45, 2.75) is 32.4 Å². The van der Waals surface area contributed by atoms with Gasteiger partial charge in [-0.05, 0) is 31.9 Å². The van der Waals surface area contributed by atoms with Gasteiger partial charge < -0.3 is 10.1 Å². The van der Waals surface area contributed by atoms with Crippen molar-refractivity contribution in [1.29, 1.82) is 0 Å². The summed E-state index contributed by atoms with van der Waals surface area (Å²) in [6.07, 6.45) is 2.01. The quantitative estimate of drug-likeness (QED) is 0.872. The van der Waals surface area contributed by atoms with Crippen LogP contribution in [-0.2, 0) is 16.1 Å². The summed E-state index contributed by atoms with van der Waals surface area (Å²) in [4.78, 5) is 14.7. The van der Waals surface area contributed by atoms with Crippen LogP contribution in [0, 0.1) is 5.92 Å². The van der Waals surface area contributed by atoms with Gasteiger partial charge in [-0.25, -0.2) is 0 Å². The molecule has 1 aromatic rings. The summed E-state index contributed by atoms with van der Waals surface area (Å²) in [5.41, 5.74) is 1.29. The monoisotopic (exact) mass is 290 g/mol. The Bertz CT molecular complexity index is 436. The zero-order valence-corrected chi connectivity index (χ0v) is 13.0. The van der Waals surface area contributed by atoms with Crippen LogP contribution in [0.2, 0.25) is 0 Å². The molecule has 0 aliphatic carbocycles. The second-order valence-electron chi connectivity index (χ2n) is 5.62. The maximum Gasteiger partial charge on any atom is 0.224 e. The standard InChI is InChI=1S/C17H26N2O2/c1-3-18-17(20)15-10-7-11-19(16(15)13-21-2)12-14-8-5-4-6-9-14/h4-6,8-9,15-16H,3,7,10-13H2,1-2H3,(H,18,20)/t15-,16-/m1/s1. The molecule has 0 aromatic heterocycles. The number of hydrogen-bond acceptors (Lipinski definition) is 3. The third kappa shape index (κ3) is 4.29. The second kappa shape index (κ2) is 8.15. The minimum absolute atomic E-state index is 0.0300. The Morgan fingerprint density at radius 3 is 2.81 bits per heavy atom. The molecule has 1 N–H and O–H groups in total. The van der Waals surface area contributed by atoms with Gasteiger partial charge in [0.25, 0.3) is 0 Å². The first kappa shape index (κ1) is 16.0. The molecule has 4 heteroatoms. The van der Waals surface area contributed by atoms with Crippen molar-refractivity contribution in [2.75, 3.05) is 26.8 Å². The molecule has 2 rings (SSSR count). The molecule has 1 amide bonds. The lowest BCUT2D eigenvalue weighted by atomic mass is 9.88. The van der Waals surface area contributed by atoms with Crippen molar-refractivity contribution in [1.82, 2.24) is 10.2 Å². The number of nitrogens with one attached hydrogen (secondary N) is 1. The number of hydrogen-bond donors (Lipinski definition) is 1. The summed E-state index contributed by atoms with van der Waals surface area (Å²) in [6.45, 7) is 5.17. The third-order valence-corrected chi connectivity index (χ3v) is 4.15. The number of benzene rings is 1. The topological polar surface area (TPSA) is 41.6 Å².